The maximum atomic E-state index is 12.0. The van der Waals surface area contributed by atoms with Gasteiger partial charge >= 0.3 is 0 Å². The van der Waals surface area contributed by atoms with Gasteiger partial charge in [0.2, 0.25) is 5.91 Å². The molecule has 0 radical (unpaired) electrons. The number of halogens is 2. The summed E-state index contributed by atoms with van der Waals surface area (Å²) in [4.78, 5) is 14.0. The molecule has 0 aliphatic carbocycles. The Morgan fingerprint density at radius 2 is 2.05 bits per heavy atom. The highest BCUT2D eigenvalue weighted by molar-refractivity contribution is 6.43. The van der Waals surface area contributed by atoms with E-state index in [1.807, 2.05) is 11.8 Å². The fraction of sp³-hybridized carbons (Fsp3) is 0.500. The van der Waals surface area contributed by atoms with Gasteiger partial charge in [-0.05, 0) is 31.9 Å². The van der Waals surface area contributed by atoms with Gasteiger partial charge < -0.3 is 10.4 Å². The highest BCUT2D eigenvalue weighted by Crippen LogP contribution is 2.29. The van der Waals surface area contributed by atoms with Crippen LogP contribution in [-0.2, 0) is 4.79 Å². The first-order valence-corrected chi connectivity index (χ1v) is 7.31. The van der Waals surface area contributed by atoms with Gasteiger partial charge in [0.15, 0.2) is 0 Å². The molecule has 1 heterocycles. The van der Waals surface area contributed by atoms with Crippen molar-refractivity contribution in [3.8, 4) is 0 Å². The lowest BCUT2D eigenvalue weighted by Crippen LogP contribution is -2.45. The zero-order valence-corrected chi connectivity index (χ0v) is 12.8. The smallest absolute Gasteiger partial charge is 0.238 e. The molecule has 1 aromatic carbocycles. The lowest BCUT2D eigenvalue weighted by molar-refractivity contribution is -0.118. The second kappa shape index (κ2) is 6.31. The number of aliphatic hydroxyl groups is 1. The van der Waals surface area contributed by atoms with E-state index in [1.165, 1.54) is 0 Å². The Labute approximate surface area is 128 Å². The minimum atomic E-state index is -0.608. The van der Waals surface area contributed by atoms with Crippen LogP contribution in [0, 0.1) is 0 Å². The van der Waals surface area contributed by atoms with Crippen LogP contribution < -0.4 is 5.32 Å². The van der Waals surface area contributed by atoms with Gasteiger partial charge in [-0.2, -0.15) is 0 Å². The summed E-state index contributed by atoms with van der Waals surface area (Å²) >= 11 is 11.9. The van der Waals surface area contributed by atoms with Crippen molar-refractivity contribution in [2.75, 3.05) is 25.0 Å². The van der Waals surface area contributed by atoms with Crippen LogP contribution in [0.2, 0.25) is 10.0 Å². The average Bonchev–Trinajstić information content (AvgIpc) is 2.38. The van der Waals surface area contributed by atoms with Crippen LogP contribution in [0.1, 0.15) is 19.8 Å². The van der Waals surface area contributed by atoms with Crippen LogP contribution in [0.5, 0.6) is 0 Å². The lowest BCUT2D eigenvalue weighted by Gasteiger charge is -2.35. The van der Waals surface area contributed by atoms with Crippen LogP contribution in [0.3, 0.4) is 0 Å². The second-order valence-corrected chi connectivity index (χ2v) is 6.21. The van der Waals surface area contributed by atoms with Crippen molar-refractivity contribution in [1.82, 2.24) is 4.90 Å². The van der Waals surface area contributed by atoms with Gasteiger partial charge in [0.25, 0.3) is 0 Å². The summed E-state index contributed by atoms with van der Waals surface area (Å²) in [5, 5.41) is 13.4. The van der Waals surface area contributed by atoms with Gasteiger partial charge in [0.05, 0.1) is 27.9 Å². The second-order valence-electron chi connectivity index (χ2n) is 5.42. The number of hydrogen-bond donors (Lipinski definition) is 2. The summed E-state index contributed by atoms with van der Waals surface area (Å²) in [6, 6.07) is 5.13. The Kier molecular flexibility index (Phi) is 4.91. The molecule has 1 aliphatic rings. The first-order valence-electron chi connectivity index (χ1n) is 6.56. The van der Waals surface area contributed by atoms with Gasteiger partial charge in [-0.25, -0.2) is 0 Å². The molecule has 1 fully saturated rings. The van der Waals surface area contributed by atoms with E-state index in [-0.39, 0.29) is 5.91 Å². The molecule has 2 N–H and O–H groups in total. The molecule has 0 atom stereocenters. The maximum Gasteiger partial charge on any atom is 0.238 e. The molecule has 0 saturated carbocycles. The van der Waals surface area contributed by atoms with E-state index in [0.717, 1.165) is 0 Å². The number of rotatable bonds is 3. The van der Waals surface area contributed by atoms with Crippen molar-refractivity contribution < 1.29 is 9.90 Å². The number of piperidine rings is 1. The van der Waals surface area contributed by atoms with E-state index in [1.54, 1.807) is 18.2 Å². The molecule has 0 unspecified atom stereocenters. The van der Waals surface area contributed by atoms with Gasteiger partial charge in [-0.1, -0.05) is 29.3 Å². The summed E-state index contributed by atoms with van der Waals surface area (Å²) in [7, 11) is 0. The monoisotopic (exact) mass is 316 g/mol. The van der Waals surface area contributed by atoms with Crippen LogP contribution in [0.15, 0.2) is 18.2 Å². The molecule has 4 nitrogen and oxygen atoms in total. The van der Waals surface area contributed by atoms with Crippen LogP contribution in [0.4, 0.5) is 5.69 Å². The zero-order chi connectivity index (χ0) is 14.8. The molecule has 2 rings (SSSR count). The highest BCUT2D eigenvalue weighted by atomic mass is 35.5. The molecule has 1 aliphatic heterocycles. The Morgan fingerprint density at radius 1 is 1.40 bits per heavy atom. The first kappa shape index (κ1) is 15.6. The summed E-state index contributed by atoms with van der Waals surface area (Å²) in [5.41, 5.74) is -0.0864. The molecule has 0 aromatic heterocycles. The van der Waals surface area contributed by atoms with Crippen LogP contribution in [0.25, 0.3) is 0 Å². The maximum absolute atomic E-state index is 12.0. The number of likely N-dealkylation sites (tertiary alicyclic amines) is 1. The topological polar surface area (TPSA) is 52.6 Å². The van der Waals surface area contributed by atoms with E-state index in [4.69, 9.17) is 23.2 Å². The average molecular weight is 317 g/mol. The predicted molar refractivity (Wildman–Crippen MR) is 81.4 cm³/mol. The van der Waals surface area contributed by atoms with E-state index < -0.39 is 5.60 Å². The minimum absolute atomic E-state index is 0.129. The summed E-state index contributed by atoms with van der Waals surface area (Å²) in [5.74, 6) is -0.129. The number of amides is 1. The number of carbonyl (C=O) groups is 1. The third kappa shape index (κ3) is 4.09. The number of hydrogen-bond acceptors (Lipinski definition) is 3. The van der Waals surface area contributed by atoms with E-state index in [9.17, 15) is 9.90 Å². The number of anilines is 1. The summed E-state index contributed by atoms with van der Waals surface area (Å²) in [6.45, 7) is 3.54. The number of nitrogens with one attached hydrogen (secondary N) is 1. The van der Waals surface area contributed by atoms with Crippen molar-refractivity contribution in [2.24, 2.45) is 0 Å². The molecule has 110 valence electrons. The Bertz CT molecular complexity index is 496. The van der Waals surface area contributed by atoms with Gasteiger partial charge in [-0.15, -0.1) is 0 Å². The normalized spacial score (nSPS) is 18.8. The Hall–Kier alpha value is -0.810. The van der Waals surface area contributed by atoms with Crippen LogP contribution >= 0.6 is 23.2 Å². The molecule has 6 heteroatoms. The predicted octanol–water partition coefficient (Wildman–Crippen LogP) is 2.78. The van der Waals surface area contributed by atoms with Crippen molar-refractivity contribution in [3.63, 3.8) is 0 Å². The Balaban J connectivity index is 1.89. The van der Waals surface area contributed by atoms with E-state index in [0.29, 0.717) is 48.2 Å². The lowest BCUT2D eigenvalue weighted by atomic mass is 9.94. The number of carbonyl (C=O) groups excluding carboxylic acids is 1. The third-order valence-corrected chi connectivity index (χ3v) is 4.35. The SMILES string of the molecule is CC1(O)CCN(CC(=O)Nc2cccc(Cl)c2Cl)CC1. The summed E-state index contributed by atoms with van der Waals surface area (Å²) < 4.78 is 0. The largest absolute Gasteiger partial charge is 0.390 e. The molecular formula is C14H18Cl2N2O2. The summed E-state index contributed by atoms with van der Waals surface area (Å²) in [6.07, 6.45) is 1.36. The van der Waals surface area contributed by atoms with Crippen LogP contribution in [-0.4, -0.2) is 41.1 Å². The van der Waals surface area contributed by atoms with E-state index >= 15 is 0 Å². The van der Waals surface area contributed by atoms with Gasteiger partial charge in [0, 0.05) is 13.1 Å². The van der Waals surface area contributed by atoms with Crippen molar-refractivity contribution in [1.29, 1.82) is 0 Å². The van der Waals surface area contributed by atoms with Gasteiger partial charge in [0.1, 0.15) is 0 Å². The number of benzene rings is 1. The molecule has 1 amide bonds. The first-order chi connectivity index (χ1) is 9.37. The molecule has 0 spiro atoms. The number of nitrogens with zero attached hydrogens (tertiary/aromatic N) is 1. The molecule has 1 saturated heterocycles. The fourth-order valence-electron chi connectivity index (χ4n) is 2.19. The third-order valence-electron chi connectivity index (χ3n) is 3.53. The standard InChI is InChI=1S/C14H18Cl2N2O2/c1-14(20)5-7-18(8-6-14)9-12(19)17-11-4-2-3-10(15)13(11)16/h2-4,20H,5-9H2,1H3,(H,17,19). The molecule has 0 bridgehead atoms. The van der Waals surface area contributed by atoms with Crippen molar-refractivity contribution >= 4 is 34.8 Å². The van der Waals surface area contributed by atoms with Crippen molar-refractivity contribution in [2.45, 2.75) is 25.4 Å². The fourth-order valence-corrected chi connectivity index (χ4v) is 2.53. The zero-order valence-electron chi connectivity index (χ0n) is 11.3. The van der Waals surface area contributed by atoms with Gasteiger partial charge in [-0.3, -0.25) is 9.69 Å². The molecule has 20 heavy (non-hydrogen) atoms. The molecule has 1 aromatic rings. The van der Waals surface area contributed by atoms with E-state index in [2.05, 4.69) is 5.32 Å². The molecular weight excluding hydrogens is 299 g/mol. The Morgan fingerprint density at radius 3 is 2.70 bits per heavy atom. The quantitative estimate of drug-likeness (QED) is 0.901. The van der Waals surface area contributed by atoms with Crippen molar-refractivity contribution in [3.05, 3.63) is 28.2 Å². The highest BCUT2D eigenvalue weighted by Gasteiger charge is 2.28. The minimum Gasteiger partial charge on any atom is -0.390 e.